The number of piperidine rings is 1. The van der Waals surface area contributed by atoms with Gasteiger partial charge in [-0.15, -0.1) is 12.4 Å². The Morgan fingerprint density at radius 3 is 2.62 bits per heavy atom. The number of hydrazine groups is 1. The van der Waals surface area contributed by atoms with Crippen molar-refractivity contribution < 1.29 is 13.2 Å². The summed E-state index contributed by atoms with van der Waals surface area (Å²) in [6.07, 6.45) is 4.95. The molecule has 29 heavy (non-hydrogen) atoms. The quantitative estimate of drug-likeness (QED) is 0.739. The van der Waals surface area contributed by atoms with Crippen LogP contribution in [0.1, 0.15) is 42.5 Å². The second-order valence-electron chi connectivity index (χ2n) is 8.18. The molecule has 0 bridgehead atoms. The third kappa shape index (κ3) is 4.61. The van der Waals surface area contributed by atoms with E-state index in [1.54, 1.807) is 6.07 Å². The van der Waals surface area contributed by atoms with Crippen molar-refractivity contribution in [3.05, 3.63) is 59.2 Å². The van der Waals surface area contributed by atoms with Crippen LogP contribution in [0.25, 0.3) is 0 Å². The molecule has 2 N–H and O–H groups in total. The number of hydrogen-bond acceptors (Lipinski definition) is 5. The predicted molar refractivity (Wildman–Crippen MR) is 117 cm³/mol. The lowest BCUT2D eigenvalue weighted by molar-refractivity contribution is 0.0920. The minimum atomic E-state index is -3.27. The fraction of sp³-hybridized carbons (Fsp3) is 0.455. The van der Waals surface area contributed by atoms with Crippen molar-refractivity contribution in [2.24, 2.45) is 11.8 Å². The van der Waals surface area contributed by atoms with Crippen LogP contribution in [-0.4, -0.2) is 32.3 Å². The normalized spacial score (nSPS) is 24.4. The standard InChI is InChI=1S/C22H28N2O3S.ClH/c1-15-11-18-13-20(28(2,25)26)14-19(22(18)27-15)12-17-9-6-10-24(23)21(17)16-7-4-3-5-8-16;/h3-5,7-8,13-15,17,21H,6,9-12,23H2,1-2H3;1H/t15-,17-,21?;/m0./s1. The fourth-order valence-corrected chi connectivity index (χ4v) is 5.37. The molecule has 7 heteroatoms. The molecule has 3 atom stereocenters. The molecule has 2 aliphatic rings. The average Bonchev–Trinajstić information content (AvgIpc) is 3.02. The smallest absolute Gasteiger partial charge is 0.175 e. The van der Waals surface area contributed by atoms with Gasteiger partial charge in [0.25, 0.3) is 0 Å². The van der Waals surface area contributed by atoms with E-state index in [2.05, 4.69) is 12.1 Å². The molecular weight excluding hydrogens is 408 g/mol. The summed E-state index contributed by atoms with van der Waals surface area (Å²) in [5, 5.41) is 1.94. The molecule has 2 aliphatic heterocycles. The van der Waals surface area contributed by atoms with Crippen molar-refractivity contribution in [3.8, 4) is 5.75 Å². The highest BCUT2D eigenvalue weighted by Crippen LogP contribution is 2.41. The van der Waals surface area contributed by atoms with Gasteiger partial charge in [0.2, 0.25) is 0 Å². The number of nitrogens with two attached hydrogens (primary N) is 1. The maximum Gasteiger partial charge on any atom is 0.175 e. The van der Waals surface area contributed by atoms with Gasteiger partial charge in [-0.05, 0) is 60.9 Å². The van der Waals surface area contributed by atoms with E-state index >= 15 is 0 Å². The Kier molecular flexibility index (Phi) is 6.58. The predicted octanol–water partition coefficient (Wildman–Crippen LogP) is 3.70. The van der Waals surface area contributed by atoms with Gasteiger partial charge in [0, 0.05) is 19.2 Å². The van der Waals surface area contributed by atoms with Gasteiger partial charge >= 0.3 is 0 Å². The number of ether oxygens (including phenoxy) is 1. The van der Waals surface area contributed by atoms with E-state index in [4.69, 9.17) is 10.6 Å². The van der Waals surface area contributed by atoms with Gasteiger partial charge in [0.15, 0.2) is 9.84 Å². The van der Waals surface area contributed by atoms with Gasteiger partial charge in [0.1, 0.15) is 11.9 Å². The Balaban J connectivity index is 0.00000240. The van der Waals surface area contributed by atoms with E-state index < -0.39 is 9.84 Å². The Morgan fingerprint density at radius 1 is 1.21 bits per heavy atom. The first-order valence-corrected chi connectivity index (χ1v) is 11.8. The van der Waals surface area contributed by atoms with Crippen LogP contribution in [0.5, 0.6) is 5.75 Å². The summed E-state index contributed by atoms with van der Waals surface area (Å²) in [6.45, 7) is 2.89. The fourth-order valence-electron chi connectivity index (χ4n) is 4.66. The van der Waals surface area contributed by atoms with Crippen molar-refractivity contribution in [2.75, 3.05) is 12.8 Å². The van der Waals surface area contributed by atoms with Gasteiger partial charge in [-0.3, -0.25) is 5.84 Å². The van der Waals surface area contributed by atoms with Crippen molar-refractivity contribution in [1.29, 1.82) is 0 Å². The average molecular weight is 437 g/mol. The topological polar surface area (TPSA) is 72.6 Å². The Hall–Kier alpha value is -1.60. The number of hydrogen-bond donors (Lipinski definition) is 1. The van der Waals surface area contributed by atoms with Crippen LogP contribution in [0.2, 0.25) is 0 Å². The first-order chi connectivity index (χ1) is 13.3. The molecule has 0 aliphatic carbocycles. The summed E-state index contributed by atoms with van der Waals surface area (Å²) >= 11 is 0. The van der Waals surface area contributed by atoms with Gasteiger partial charge in [-0.1, -0.05) is 30.3 Å². The molecule has 2 heterocycles. The van der Waals surface area contributed by atoms with Gasteiger partial charge in [-0.2, -0.15) is 0 Å². The Bertz CT molecular complexity index is 966. The van der Waals surface area contributed by atoms with Crippen molar-refractivity contribution >= 4 is 22.2 Å². The molecule has 0 amide bonds. The maximum absolute atomic E-state index is 12.2. The number of rotatable bonds is 4. The van der Waals surface area contributed by atoms with Gasteiger partial charge in [-0.25, -0.2) is 13.4 Å². The van der Waals surface area contributed by atoms with Crippen LogP contribution >= 0.6 is 12.4 Å². The highest BCUT2D eigenvalue weighted by Gasteiger charge is 2.33. The molecule has 0 saturated carbocycles. The molecule has 2 aromatic rings. The van der Waals surface area contributed by atoms with Crippen LogP contribution in [0.15, 0.2) is 47.4 Å². The number of benzene rings is 2. The second-order valence-corrected chi connectivity index (χ2v) is 10.2. The maximum atomic E-state index is 12.2. The molecule has 2 aromatic carbocycles. The lowest BCUT2D eigenvalue weighted by Crippen LogP contribution is -2.44. The lowest BCUT2D eigenvalue weighted by Gasteiger charge is -2.39. The van der Waals surface area contributed by atoms with Crippen molar-refractivity contribution in [1.82, 2.24) is 5.01 Å². The molecule has 158 valence electrons. The SMILES string of the molecule is C[C@H]1Cc2cc(S(C)(=O)=O)cc(C[C@@H]3CCCN(N)C3c3ccccc3)c2O1.Cl. The monoisotopic (exact) mass is 436 g/mol. The van der Waals surface area contributed by atoms with E-state index in [0.29, 0.717) is 10.8 Å². The molecular formula is C22H29ClN2O3S. The zero-order chi connectivity index (χ0) is 19.9. The highest BCUT2D eigenvalue weighted by atomic mass is 35.5. The zero-order valence-corrected chi connectivity index (χ0v) is 18.5. The Morgan fingerprint density at radius 2 is 1.93 bits per heavy atom. The lowest BCUT2D eigenvalue weighted by atomic mass is 9.81. The van der Waals surface area contributed by atoms with Crippen LogP contribution in [0, 0.1) is 5.92 Å². The third-order valence-electron chi connectivity index (χ3n) is 5.89. The number of halogens is 1. The van der Waals surface area contributed by atoms with Crippen LogP contribution < -0.4 is 10.6 Å². The van der Waals surface area contributed by atoms with Gasteiger partial charge in [0.05, 0.1) is 10.9 Å². The van der Waals surface area contributed by atoms with E-state index in [-0.39, 0.29) is 24.6 Å². The molecule has 0 aromatic heterocycles. The minimum Gasteiger partial charge on any atom is -0.490 e. The molecule has 4 rings (SSSR count). The molecule has 1 unspecified atom stereocenters. The van der Waals surface area contributed by atoms with E-state index in [9.17, 15) is 8.42 Å². The van der Waals surface area contributed by atoms with Crippen molar-refractivity contribution in [3.63, 3.8) is 0 Å². The van der Waals surface area contributed by atoms with E-state index in [1.807, 2.05) is 36.2 Å². The Labute approximate surface area is 179 Å². The summed E-state index contributed by atoms with van der Waals surface area (Å²) < 4.78 is 30.5. The van der Waals surface area contributed by atoms with Crippen LogP contribution in [0.3, 0.4) is 0 Å². The summed E-state index contributed by atoms with van der Waals surface area (Å²) in [6, 6.07) is 14.1. The van der Waals surface area contributed by atoms with E-state index in [0.717, 1.165) is 49.1 Å². The summed E-state index contributed by atoms with van der Waals surface area (Å²) in [5.74, 6) is 7.58. The summed E-state index contributed by atoms with van der Waals surface area (Å²) in [4.78, 5) is 0.385. The number of fused-ring (bicyclic) bond motifs is 1. The van der Waals surface area contributed by atoms with E-state index in [1.165, 1.54) is 11.8 Å². The number of nitrogens with zero attached hydrogens (tertiary/aromatic N) is 1. The molecule has 0 radical (unpaired) electrons. The first-order valence-electron chi connectivity index (χ1n) is 9.91. The summed E-state index contributed by atoms with van der Waals surface area (Å²) in [5.41, 5.74) is 3.20. The summed E-state index contributed by atoms with van der Waals surface area (Å²) in [7, 11) is -3.27. The molecule has 1 saturated heterocycles. The third-order valence-corrected chi connectivity index (χ3v) is 6.98. The van der Waals surface area contributed by atoms with Crippen LogP contribution in [-0.2, 0) is 22.7 Å². The molecule has 5 nitrogen and oxygen atoms in total. The highest BCUT2D eigenvalue weighted by molar-refractivity contribution is 7.90. The second kappa shape index (κ2) is 8.64. The van der Waals surface area contributed by atoms with Crippen molar-refractivity contribution in [2.45, 2.75) is 49.6 Å². The zero-order valence-electron chi connectivity index (χ0n) is 16.9. The largest absolute Gasteiger partial charge is 0.490 e. The van der Waals surface area contributed by atoms with Crippen LogP contribution in [0.4, 0.5) is 0 Å². The molecule has 1 fully saturated rings. The minimum absolute atomic E-state index is 0. The molecule has 0 spiro atoms. The first kappa shape index (κ1) is 22.1. The number of sulfone groups is 1. The van der Waals surface area contributed by atoms with Gasteiger partial charge < -0.3 is 4.74 Å².